The first-order valence-corrected chi connectivity index (χ1v) is 6.73. The number of hydrogen-bond acceptors (Lipinski definition) is 2. The van der Waals surface area contributed by atoms with Gasteiger partial charge in [-0.2, -0.15) is 0 Å². The molecule has 0 saturated carbocycles. The summed E-state index contributed by atoms with van der Waals surface area (Å²) in [5.74, 6) is -3.54. The fourth-order valence-corrected chi connectivity index (χ4v) is 2.60. The van der Waals surface area contributed by atoms with Crippen LogP contribution in [0.15, 0.2) is 12.1 Å². The highest BCUT2D eigenvalue weighted by atomic mass is 19.2. The Morgan fingerprint density at radius 1 is 1.16 bits per heavy atom. The topological polar surface area (TPSA) is 15.3 Å². The minimum absolute atomic E-state index is 0.179. The van der Waals surface area contributed by atoms with Gasteiger partial charge in [-0.15, -0.1) is 0 Å². The molecule has 1 fully saturated rings. The molecule has 0 spiro atoms. The fourth-order valence-electron chi connectivity index (χ4n) is 2.60. The Hall–Kier alpha value is -1.07. The second kappa shape index (κ2) is 6.39. The molecule has 0 radical (unpaired) electrons. The highest BCUT2D eigenvalue weighted by molar-refractivity contribution is 5.24. The molecule has 1 aromatic carbocycles. The average molecular weight is 272 g/mol. The molecule has 1 N–H and O–H groups in total. The molecule has 0 unspecified atom stereocenters. The fraction of sp³-hybridized carbons (Fsp3) is 0.571. The molecule has 1 aliphatic rings. The molecule has 0 bridgehead atoms. The van der Waals surface area contributed by atoms with E-state index in [-0.39, 0.29) is 11.6 Å². The van der Waals surface area contributed by atoms with Crippen LogP contribution in [0.25, 0.3) is 0 Å². The Kier molecular flexibility index (Phi) is 4.82. The van der Waals surface area contributed by atoms with Crippen molar-refractivity contribution in [2.24, 2.45) is 0 Å². The lowest BCUT2D eigenvalue weighted by Gasteiger charge is -2.35. The van der Waals surface area contributed by atoms with E-state index in [9.17, 15) is 13.2 Å². The summed E-state index contributed by atoms with van der Waals surface area (Å²) in [6.45, 7) is 5.27. The Bertz CT molecular complexity index is 431. The minimum atomic E-state index is -1.37. The molecule has 2 rings (SSSR count). The Morgan fingerprint density at radius 2 is 1.84 bits per heavy atom. The summed E-state index contributed by atoms with van der Waals surface area (Å²) in [6, 6.07) is 2.21. The van der Waals surface area contributed by atoms with Gasteiger partial charge in [-0.05, 0) is 12.5 Å². The van der Waals surface area contributed by atoms with Gasteiger partial charge in [0, 0.05) is 37.8 Å². The van der Waals surface area contributed by atoms with Crippen LogP contribution in [0.3, 0.4) is 0 Å². The zero-order valence-corrected chi connectivity index (χ0v) is 11.1. The summed E-state index contributed by atoms with van der Waals surface area (Å²) in [6.07, 6.45) is 1.61. The number of nitrogens with zero attached hydrogens (tertiary/aromatic N) is 1. The van der Waals surface area contributed by atoms with Crippen molar-refractivity contribution < 1.29 is 13.2 Å². The van der Waals surface area contributed by atoms with E-state index in [4.69, 9.17) is 0 Å². The Morgan fingerprint density at radius 3 is 2.47 bits per heavy atom. The minimum Gasteiger partial charge on any atom is -0.314 e. The van der Waals surface area contributed by atoms with Gasteiger partial charge in [-0.1, -0.05) is 19.4 Å². The SMILES string of the molecule is CCC[C@H](c1ccc(F)c(F)c1F)N1CCNCC1. The average Bonchev–Trinajstić information content (AvgIpc) is 2.44. The standard InChI is InChI=1S/C14H19F3N2/c1-2-3-12(19-8-6-18-7-9-19)10-4-5-11(15)14(17)13(10)16/h4-5,12,18H,2-3,6-9H2,1H3/t12-/m1/s1. The second-order valence-electron chi connectivity index (χ2n) is 4.86. The van der Waals surface area contributed by atoms with Crippen molar-refractivity contribution in [1.82, 2.24) is 10.2 Å². The quantitative estimate of drug-likeness (QED) is 0.848. The first kappa shape index (κ1) is 14.3. The molecule has 5 heteroatoms. The largest absolute Gasteiger partial charge is 0.314 e. The van der Waals surface area contributed by atoms with Crippen LogP contribution < -0.4 is 5.32 Å². The van der Waals surface area contributed by atoms with Crippen LogP contribution in [0.2, 0.25) is 0 Å². The van der Waals surface area contributed by atoms with Crippen LogP contribution in [0.5, 0.6) is 0 Å². The van der Waals surface area contributed by atoms with Crippen molar-refractivity contribution in [1.29, 1.82) is 0 Å². The predicted octanol–water partition coefficient (Wildman–Crippen LogP) is 2.85. The maximum absolute atomic E-state index is 13.9. The normalized spacial score (nSPS) is 18.5. The molecule has 1 heterocycles. The van der Waals surface area contributed by atoms with Crippen LogP contribution in [0.4, 0.5) is 13.2 Å². The summed E-state index contributed by atoms with van der Waals surface area (Å²) in [5, 5.41) is 3.23. The van der Waals surface area contributed by atoms with Gasteiger partial charge in [0.1, 0.15) is 0 Å². The van der Waals surface area contributed by atoms with Crippen LogP contribution in [-0.2, 0) is 0 Å². The third-order valence-corrected chi connectivity index (χ3v) is 3.58. The van der Waals surface area contributed by atoms with Gasteiger partial charge in [0.2, 0.25) is 0 Å². The number of halogens is 3. The first-order valence-electron chi connectivity index (χ1n) is 6.73. The van der Waals surface area contributed by atoms with Gasteiger partial charge < -0.3 is 5.32 Å². The summed E-state index contributed by atoms with van der Waals surface area (Å²) in [7, 11) is 0. The van der Waals surface area contributed by atoms with Gasteiger partial charge in [-0.3, -0.25) is 4.90 Å². The van der Waals surface area contributed by atoms with E-state index in [2.05, 4.69) is 10.2 Å². The van der Waals surface area contributed by atoms with E-state index < -0.39 is 17.5 Å². The molecule has 1 aliphatic heterocycles. The van der Waals surface area contributed by atoms with Crippen molar-refractivity contribution in [2.75, 3.05) is 26.2 Å². The lowest BCUT2D eigenvalue weighted by Crippen LogP contribution is -2.45. The van der Waals surface area contributed by atoms with Crippen molar-refractivity contribution in [3.8, 4) is 0 Å². The molecule has 1 aromatic rings. The number of rotatable bonds is 4. The smallest absolute Gasteiger partial charge is 0.194 e. The highest BCUT2D eigenvalue weighted by Crippen LogP contribution is 2.29. The number of benzene rings is 1. The third-order valence-electron chi connectivity index (χ3n) is 3.58. The number of piperazine rings is 1. The lowest BCUT2D eigenvalue weighted by molar-refractivity contribution is 0.160. The third kappa shape index (κ3) is 3.09. The zero-order chi connectivity index (χ0) is 13.8. The summed E-state index contributed by atoms with van der Waals surface area (Å²) in [5.41, 5.74) is 0.266. The second-order valence-corrected chi connectivity index (χ2v) is 4.86. The van der Waals surface area contributed by atoms with Crippen molar-refractivity contribution in [3.05, 3.63) is 35.1 Å². The van der Waals surface area contributed by atoms with E-state index in [1.54, 1.807) is 0 Å². The van der Waals surface area contributed by atoms with Crippen molar-refractivity contribution >= 4 is 0 Å². The summed E-state index contributed by atoms with van der Waals surface area (Å²) >= 11 is 0. The Labute approximate surface area is 111 Å². The molecule has 106 valence electrons. The molecule has 0 amide bonds. The molecular weight excluding hydrogens is 253 g/mol. The van der Waals surface area contributed by atoms with Crippen LogP contribution in [0.1, 0.15) is 31.4 Å². The monoisotopic (exact) mass is 272 g/mol. The van der Waals surface area contributed by atoms with E-state index in [0.717, 1.165) is 45.1 Å². The van der Waals surface area contributed by atoms with Crippen LogP contribution in [0, 0.1) is 17.5 Å². The van der Waals surface area contributed by atoms with E-state index in [1.807, 2.05) is 6.92 Å². The maximum Gasteiger partial charge on any atom is 0.194 e. The number of hydrogen-bond donors (Lipinski definition) is 1. The summed E-state index contributed by atoms with van der Waals surface area (Å²) < 4.78 is 40.3. The predicted molar refractivity (Wildman–Crippen MR) is 68.4 cm³/mol. The van der Waals surface area contributed by atoms with Crippen molar-refractivity contribution in [2.45, 2.75) is 25.8 Å². The molecule has 1 atom stereocenters. The van der Waals surface area contributed by atoms with E-state index >= 15 is 0 Å². The van der Waals surface area contributed by atoms with Gasteiger partial charge in [0.05, 0.1) is 0 Å². The highest BCUT2D eigenvalue weighted by Gasteiger charge is 2.26. The summed E-state index contributed by atoms with van der Waals surface area (Å²) in [4.78, 5) is 2.13. The van der Waals surface area contributed by atoms with Crippen LogP contribution >= 0.6 is 0 Å². The van der Waals surface area contributed by atoms with Gasteiger partial charge in [-0.25, -0.2) is 13.2 Å². The Balaban J connectivity index is 2.30. The molecule has 2 nitrogen and oxygen atoms in total. The molecule has 0 aromatic heterocycles. The van der Waals surface area contributed by atoms with Crippen molar-refractivity contribution in [3.63, 3.8) is 0 Å². The molecular formula is C14H19F3N2. The van der Waals surface area contributed by atoms with E-state index in [1.165, 1.54) is 6.07 Å². The van der Waals surface area contributed by atoms with Gasteiger partial charge in [0.25, 0.3) is 0 Å². The van der Waals surface area contributed by atoms with Gasteiger partial charge >= 0.3 is 0 Å². The van der Waals surface area contributed by atoms with Gasteiger partial charge in [0.15, 0.2) is 17.5 Å². The molecule has 19 heavy (non-hydrogen) atoms. The van der Waals surface area contributed by atoms with Crippen LogP contribution in [-0.4, -0.2) is 31.1 Å². The first-order chi connectivity index (χ1) is 9.15. The van der Waals surface area contributed by atoms with E-state index in [0.29, 0.717) is 0 Å². The molecule has 1 saturated heterocycles. The zero-order valence-electron chi connectivity index (χ0n) is 11.1. The number of nitrogens with one attached hydrogen (secondary N) is 1. The lowest BCUT2D eigenvalue weighted by atomic mass is 9.99. The molecule has 0 aliphatic carbocycles. The maximum atomic E-state index is 13.9.